The van der Waals surface area contributed by atoms with E-state index in [2.05, 4.69) is 21.2 Å². The maximum Gasteiger partial charge on any atom is 0.238 e. The fraction of sp³-hybridized carbons (Fsp3) is 0.235. The summed E-state index contributed by atoms with van der Waals surface area (Å²) in [5.74, 6) is -1.14. The second-order valence-corrected chi connectivity index (χ2v) is 5.98. The fourth-order valence-electron chi connectivity index (χ4n) is 2.14. The summed E-state index contributed by atoms with van der Waals surface area (Å²) in [4.78, 5) is 13.8. The summed E-state index contributed by atoms with van der Waals surface area (Å²) < 4.78 is 28.1. The molecule has 0 unspecified atom stereocenters. The Morgan fingerprint density at radius 3 is 2.61 bits per heavy atom. The molecule has 0 saturated carbocycles. The molecule has 23 heavy (non-hydrogen) atoms. The van der Waals surface area contributed by atoms with Crippen LogP contribution in [0.1, 0.15) is 12.5 Å². The van der Waals surface area contributed by atoms with Crippen molar-refractivity contribution in [1.29, 1.82) is 0 Å². The average Bonchev–Trinajstić information content (AvgIpc) is 2.52. The van der Waals surface area contributed by atoms with Crippen molar-refractivity contribution in [3.8, 4) is 0 Å². The first-order valence-corrected chi connectivity index (χ1v) is 7.99. The highest BCUT2D eigenvalue weighted by Gasteiger charge is 2.13. The molecule has 0 saturated heterocycles. The van der Waals surface area contributed by atoms with Crippen LogP contribution in [-0.2, 0) is 11.3 Å². The predicted octanol–water partition coefficient (Wildman–Crippen LogP) is 4.19. The van der Waals surface area contributed by atoms with Crippen LogP contribution in [0.4, 0.5) is 14.5 Å². The molecule has 6 heteroatoms. The SMILES string of the molecule is CCN(CC(=O)Nc1ccccc1F)Cc1cc(Br)ccc1F. The van der Waals surface area contributed by atoms with Gasteiger partial charge in [-0.25, -0.2) is 8.78 Å². The van der Waals surface area contributed by atoms with Crippen molar-refractivity contribution in [2.75, 3.05) is 18.4 Å². The van der Waals surface area contributed by atoms with Crippen molar-refractivity contribution >= 4 is 27.5 Å². The maximum absolute atomic E-state index is 13.8. The lowest BCUT2D eigenvalue weighted by molar-refractivity contribution is -0.117. The van der Waals surface area contributed by atoms with Crippen LogP contribution in [0.15, 0.2) is 46.9 Å². The first-order valence-electron chi connectivity index (χ1n) is 7.20. The minimum atomic E-state index is -0.484. The number of benzene rings is 2. The van der Waals surface area contributed by atoms with Crippen molar-refractivity contribution in [2.45, 2.75) is 13.5 Å². The Bertz CT molecular complexity index is 694. The Labute approximate surface area is 142 Å². The van der Waals surface area contributed by atoms with E-state index < -0.39 is 5.82 Å². The number of nitrogens with zero attached hydrogens (tertiary/aromatic N) is 1. The number of rotatable bonds is 6. The zero-order valence-electron chi connectivity index (χ0n) is 12.7. The molecule has 1 amide bonds. The summed E-state index contributed by atoms with van der Waals surface area (Å²) in [5, 5.41) is 2.53. The van der Waals surface area contributed by atoms with Crippen LogP contribution in [0.3, 0.4) is 0 Å². The molecule has 0 atom stereocenters. The van der Waals surface area contributed by atoms with E-state index in [0.29, 0.717) is 18.7 Å². The van der Waals surface area contributed by atoms with E-state index in [9.17, 15) is 13.6 Å². The van der Waals surface area contributed by atoms with Crippen LogP contribution in [0.5, 0.6) is 0 Å². The Morgan fingerprint density at radius 2 is 1.91 bits per heavy atom. The van der Waals surface area contributed by atoms with E-state index in [4.69, 9.17) is 0 Å². The number of anilines is 1. The minimum Gasteiger partial charge on any atom is -0.322 e. The summed E-state index contributed by atoms with van der Waals surface area (Å²) in [6, 6.07) is 10.7. The molecule has 2 aromatic carbocycles. The van der Waals surface area contributed by atoms with Crippen molar-refractivity contribution in [2.24, 2.45) is 0 Å². The molecule has 122 valence electrons. The van der Waals surface area contributed by atoms with Gasteiger partial charge in [0.25, 0.3) is 0 Å². The van der Waals surface area contributed by atoms with E-state index in [0.717, 1.165) is 4.47 Å². The van der Waals surface area contributed by atoms with Gasteiger partial charge in [0.15, 0.2) is 0 Å². The molecular formula is C17H17BrF2N2O. The third-order valence-corrected chi connectivity index (χ3v) is 3.86. The van der Waals surface area contributed by atoms with E-state index >= 15 is 0 Å². The number of halogens is 3. The number of likely N-dealkylation sites (N-methyl/N-ethyl adjacent to an activating group) is 1. The Balaban J connectivity index is 2.00. The lowest BCUT2D eigenvalue weighted by Crippen LogP contribution is -2.33. The minimum absolute atomic E-state index is 0.0524. The molecule has 0 aliphatic carbocycles. The molecule has 0 radical (unpaired) electrons. The number of para-hydroxylation sites is 1. The highest BCUT2D eigenvalue weighted by Crippen LogP contribution is 2.17. The van der Waals surface area contributed by atoms with Crippen molar-refractivity contribution in [1.82, 2.24) is 4.90 Å². The van der Waals surface area contributed by atoms with Gasteiger partial charge in [-0.3, -0.25) is 9.69 Å². The predicted molar refractivity (Wildman–Crippen MR) is 90.1 cm³/mol. The number of amides is 1. The normalized spacial score (nSPS) is 10.8. The number of nitrogens with one attached hydrogen (secondary N) is 1. The van der Waals surface area contributed by atoms with Gasteiger partial charge >= 0.3 is 0 Å². The van der Waals surface area contributed by atoms with Gasteiger partial charge in [0.1, 0.15) is 11.6 Å². The molecule has 0 aliphatic rings. The molecule has 0 spiro atoms. The highest BCUT2D eigenvalue weighted by atomic mass is 79.9. The molecule has 0 aromatic heterocycles. The van der Waals surface area contributed by atoms with Gasteiger partial charge in [-0.1, -0.05) is 35.0 Å². The Hall–Kier alpha value is -1.79. The van der Waals surface area contributed by atoms with Crippen LogP contribution in [-0.4, -0.2) is 23.9 Å². The van der Waals surface area contributed by atoms with Crippen LogP contribution in [0.25, 0.3) is 0 Å². The second-order valence-electron chi connectivity index (χ2n) is 5.07. The third kappa shape index (κ3) is 5.11. The summed E-state index contributed by atoms with van der Waals surface area (Å²) in [6.45, 7) is 2.80. The van der Waals surface area contributed by atoms with Crippen LogP contribution < -0.4 is 5.32 Å². The molecule has 0 heterocycles. The lowest BCUT2D eigenvalue weighted by Gasteiger charge is -2.20. The number of hydrogen-bond acceptors (Lipinski definition) is 2. The van der Waals surface area contributed by atoms with Gasteiger partial charge < -0.3 is 5.32 Å². The quantitative estimate of drug-likeness (QED) is 0.812. The molecular weight excluding hydrogens is 366 g/mol. The van der Waals surface area contributed by atoms with Crippen molar-refractivity contribution in [3.63, 3.8) is 0 Å². The average molecular weight is 383 g/mol. The zero-order chi connectivity index (χ0) is 16.8. The molecule has 3 nitrogen and oxygen atoms in total. The van der Waals surface area contributed by atoms with Gasteiger partial charge in [0.05, 0.1) is 12.2 Å². The van der Waals surface area contributed by atoms with Crippen molar-refractivity contribution < 1.29 is 13.6 Å². The molecule has 2 aromatic rings. The fourth-order valence-corrected chi connectivity index (χ4v) is 2.55. The molecule has 0 aliphatic heterocycles. The monoisotopic (exact) mass is 382 g/mol. The van der Waals surface area contributed by atoms with E-state index in [1.165, 1.54) is 18.2 Å². The Kier molecular flexibility index (Phi) is 6.24. The number of hydrogen-bond donors (Lipinski definition) is 1. The van der Waals surface area contributed by atoms with E-state index in [1.807, 2.05) is 6.92 Å². The summed E-state index contributed by atoms with van der Waals surface area (Å²) in [5.41, 5.74) is 0.641. The molecule has 1 N–H and O–H groups in total. The van der Waals surface area contributed by atoms with Crippen LogP contribution in [0, 0.1) is 11.6 Å². The first kappa shape index (κ1) is 17.6. The topological polar surface area (TPSA) is 32.3 Å². The van der Waals surface area contributed by atoms with Gasteiger partial charge in [0.2, 0.25) is 5.91 Å². The van der Waals surface area contributed by atoms with Gasteiger partial charge in [-0.05, 0) is 36.9 Å². The Morgan fingerprint density at radius 1 is 1.17 bits per heavy atom. The summed E-state index contributed by atoms with van der Waals surface area (Å²) >= 11 is 3.31. The zero-order valence-corrected chi connectivity index (χ0v) is 14.2. The lowest BCUT2D eigenvalue weighted by atomic mass is 10.2. The highest BCUT2D eigenvalue weighted by molar-refractivity contribution is 9.10. The van der Waals surface area contributed by atoms with Gasteiger partial charge in [-0.2, -0.15) is 0 Å². The number of carbonyl (C=O) groups excluding carboxylic acids is 1. The largest absolute Gasteiger partial charge is 0.322 e. The molecule has 2 rings (SSSR count). The van der Waals surface area contributed by atoms with E-state index in [-0.39, 0.29) is 24.0 Å². The first-order chi connectivity index (χ1) is 11.0. The molecule has 0 fully saturated rings. The smallest absolute Gasteiger partial charge is 0.238 e. The number of carbonyl (C=O) groups is 1. The summed E-state index contributed by atoms with van der Waals surface area (Å²) in [6.07, 6.45) is 0. The summed E-state index contributed by atoms with van der Waals surface area (Å²) in [7, 11) is 0. The van der Waals surface area contributed by atoms with Gasteiger partial charge in [-0.15, -0.1) is 0 Å². The van der Waals surface area contributed by atoms with Crippen LogP contribution >= 0.6 is 15.9 Å². The standard InChI is InChI=1S/C17H17BrF2N2O/c1-2-22(10-12-9-13(18)7-8-14(12)19)11-17(23)21-16-6-4-3-5-15(16)20/h3-9H,2,10-11H2,1H3,(H,21,23). The van der Waals surface area contributed by atoms with Gasteiger partial charge in [0, 0.05) is 16.6 Å². The van der Waals surface area contributed by atoms with Crippen molar-refractivity contribution in [3.05, 3.63) is 64.1 Å². The molecule has 0 bridgehead atoms. The maximum atomic E-state index is 13.8. The van der Waals surface area contributed by atoms with Crippen LogP contribution in [0.2, 0.25) is 0 Å². The third-order valence-electron chi connectivity index (χ3n) is 3.36. The van der Waals surface area contributed by atoms with E-state index in [1.54, 1.807) is 29.2 Å². The second kappa shape index (κ2) is 8.17.